The molecule has 2 aliphatic carbocycles. The van der Waals surface area contributed by atoms with E-state index in [1.165, 1.54) is 0 Å². The van der Waals surface area contributed by atoms with Crippen LogP contribution in [-0.2, 0) is 9.59 Å². The lowest BCUT2D eigenvalue weighted by Gasteiger charge is -2.35. The lowest BCUT2D eigenvalue weighted by molar-refractivity contribution is -0.132. The molecule has 88 valence electrons. The predicted molar refractivity (Wildman–Crippen MR) is 59.4 cm³/mol. The van der Waals surface area contributed by atoms with Crippen molar-refractivity contribution in [2.75, 3.05) is 0 Å². The van der Waals surface area contributed by atoms with Crippen molar-refractivity contribution >= 4 is 11.8 Å². The number of hydrogen-bond acceptors (Lipinski definition) is 2. The second-order valence-corrected chi connectivity index (χ2v) is 5.71. The van der Waals surface area contributed by atoms with E-state index in [0.717, 1.165) is 38.5 Å². The Hall–Kier alpha value is -0.860. The van der Waals surface area contributed by atoms with Crippen LogP contribution in [0.25, 0.3) is 0 Å². The second-order valence-electron chi connectivity index (χ2n) is 5.71. The summed E-state index contributed by atoms with van der Waals surface area (Å²) in [6.07, 6.45) is 6.53. The fraction of sp³-hybridized carbons (Fsp3) is 0.846. The molecule has 4 atom stereocenters. The average molecular weight is 221 g/mol. The van der Waals surface area contributed by atoms with E-state index in [1.807, 2.05) is 0 Å². The van der Waals surface area contributed by atoms with Gasteiger partial charge in [-0.3, -0.25) is 14.9 Å². The van der Waals surface area contributed by atoms with Gasteiger partial charge in [-0.25, -0.2) is 0 Å². The summed E-state index contributed by atoms with van der Waals surface area (Å²) in [5.41, 5.74) is -0.296. The van der Waals surface area contributed by atoms with E-state index in [9.17, 15) is 9.59 Å². The molecule has 0 aromatic rings. The molecule has 0 aromatic heterocycles. The third-order valence-electron chi connectivity index (χ3n) is 5.11. The number of nitrogens with one attached hydrogen (secondary N) is 1. The molecule has 0 spiro atoms. The van der Waals surface area contributed by atoms with E-state index in [-0.39, 0.29) is 23.1 Å². The van der Waals surface area contributed by atoms with Crippen LogP contribution in [0.3, 0.4) is 0 Å². The Labute approximate surface area is 96.0 Å². The van der Waals surface area contributed by atoms with Gasteiger partial charge < -0.3 is 0 Å². The molecule has 16 heavy (non-hydrogen) atoms. The highest BCUT2D eigenvalue weighted by molar-refractivity contribution is 6.08. The Balaban J connectivity index is 1.97. The van der Waals surface area contributed by atoms with Crippen LogP contribution in [0.2, 0.25) is 0 Å². The molecule has 2 saturated carbocycles. The third kappa shape index (κ3) is 1.04. The smallest absolute Gasteiger partial charge is 0.233 e. The molecular formula is C13H19NO2. The van der Waals surface area contributed by atoms with Crippen LogP contribution in [0.15, 0.2) is 0 Å². The fourth-order valence-electron chi connectivity index (χ4n) is 4.48. The van der Waals surface area contributed by atoms with Gasteiger partial charge in [0.05, 0.1) is 11.3 Å². The van der Waals surface area contributed by atoms with Crippen LogP contribution in [0.1, 0.15) is 45.4 Å². The first-order chi connectivity index (χ1) is 7.70. The first-order valence-electron chi connectivity index (χ1n) is 6.55. The van der Waals surface area contributed by atoms with Crippen LogP contribution in [0.4, 0.5) is 0 Å². The molecule has 2 amide bonds. The topological polar surface area (TPSA) is 46.2 Å². The van der Waals surface area contributed by atoms with Crippen LogP contribution < -0.4 is 5.32 Å². The Morgan fingerprint density at radius 2 is 2.19 bits per heavy atom. The first kappa shape index (κ1) is 10.3. The van der Waals surface area contributed by atoms with Crippen molar-refractivity contribution in [3.63, 3.8) is 0 Å². The molecule has 3 heteroatoms. The molecule has 3 nitrogen and oxygen atoms in total. The average Bonchev–Trinajstić information content (AvgIpc) is 2.89. The van der Waals surface area contributed by atoms with E-state index in [4.69, 9.17) is 0 Å². The molecule has 1 saturated heterocycles. The van der Waals surface area contributed by atoms with Crippen molar-refractivity contribution in [3.8, 4) is 0 Å². The highest BCUT2D eigenvalue weighted by atomic mass is 16.2. The van der Waals surface area contributed by atoms with Crippen LogP contribution in [0.5, 0.6) is 0 Å². The van der Waals surface area contributed by atoms with Crippen molar-refractivity contribution in [1.29, 1.82) is 0 Å². The zero-order valence-corrected chi connectivity index (χ0v) is 9.79. The monoisotopic (exact) mass is 221 g/mol. The van der Waals surface area contributed by atoms with Crippen LogP contribution >= 0.6 is 0 Å². The van der Waals surface area contributed by atoms with E-state index >= 15 is 0 Å². The van der Waals surface area contributed by atoms with E-state index < -0.39 is 0 Å². The summed E-state index contributed by atoms with van der Waals surface area (Å²) in [7, 11) is 0. The van der Waals surface area contributed by atoms with Gasteiger partial charge >= 0.3 is 0 Å². The highest BCUT2D eigenvalue weighted by Gasteiger charge is 2.67. The van der Waals surface area contributed by atoms with Gasteiger partial charge in [-0.15, -0.1) is 0 Å². The molecule has 0 radical (unpaired) electrons. The molecule has 2 bridgehead atoms. The third-order valence-corrected chi connectivity index (χ3v) is 5.11. The summed E-state index contributed by atoms with van der Waals surface area (Å²) in [6, 6.07) is 0. The van der Waals surface area contributed by atoms with E-state index in [0.29, 0.717) is 11.8 Å². The zero-order chi connectivity index (χ0) is 11.3. The maximum Gasteiger partial charge on any atom is 0.233 e. The minimum absolute atomic E-state index is 0.0188. The summed E-state index contributed by atoms with van der Waals surface area (Å²) in [6.45, 7) is 2.15. The zero-order valence-electron chi connectivity index (χ0n) is 9.79. The van der Waals surface area contributed by atoms with Gasteiger partial charge in [-0.05, 0) is 37.5 Å². The molecule has 1 N–H and O–H groups in total. The number of amides is 2. The van der Waals surface area contributed by atoms with Crippen LogP contribution in [0, 0.1) is 23.2 Å². The maximum absolute atomic E-state index is 12.2. The number of fused-ring (bicyclic) bond motifs is 5. The quantitative estimate of drug-likeness (QED) is 0.739. The van der Waals surface area contributed by atoms with Gasteiger partial charge in [0, 0.05) is 0 Å². The molecule has 4 unspecified atom stereocenters. The second kappa shape index (κ2) is 3.31. The van der Waals surface area contributed by atoms with Crippen molar-refractivity contribution < 1.29 is 9.59 Å². The van der Waals surface area contributed by atoms with Gasteiger partial charge in [0.15, 0.2) is 0 Å². The highest BCUT2D eigenvalue weighted by Crippen LogP contribution is 2.63. The molecule has 3 aliphatic rings. The Morgan fingerprint density at radius 3 is 2.94 bits per heavy atom. The summed E-state index contributed by atoms with van der Waals surface area (Å²) in [5, 5.41) is 2.59. The number of carbonyl (C=O) groups excluding carboxylic acids is 2. The van der Waals surface area contributed by atoms with E-state index in [2.05, 4.69) is 12.2 Å². The molecule has 0 aromatic carbocycles. The van der Waals surface area contributed by atoms with Gasteiger partial charge in [-0.2, -0.15) is 0 Å². The summed E-state index contributed by atoms with van der Waals surface area (Å²) < 4.78 is 0. The minimum Gasteiger partial charge on any atom is -0.296 e. The molecule has 1 aliphatic heterocycles. The molecule has 3 fully saturated rings. The van der Waals surface area contributed by atoms with Gasteiger partial charge in [0.1, 0.15) is 0 Å². The number of unbranched alkanes of at least 4 members (excludes halogenated alkanes) is 1. The Morgan fingerprint density at radius 1 is 1.38 bits per heavy atom. The number of carbonyl (C=O) groups is 2. The standard InChI is InChI=1S/C13H19NO2/c1-2-3-6-13-9-5-4-8(7-9)10(13)11(15)14-12(13)16/h8-10H,2-7H2,1H3,(H,14,15,16). The van der Waals surface area contributed by atoms with Crippen molar-refractivity contribution in [3.05, 3.63) is 0 Å². The molecule has 1 heterocycles. The lowest BCUT2D eigenvalue weighted by atomic mass is 9.65. The largest absolute Gasteiger partial charge is 0.296 e. The number of hydrogen-bond donors (Lipinski definition) is 1. The van der Waals surface area contributed by atoms with Crippen molar-refractivity contribution in [1.82, 2.24) is 5.32 Å². The van der Waals surface area contributed by atoms with Crippen LogP contribution in [-0.4, -0.2) is 11.8 Å². The number of rotatable bonds is 3. The van der Waals surface area contributed by atoms with Gasteiger partial charge in [0.2, 0.25) is 11.8 Å². The summed E-state index contributed by atoms with van der Waals surface area (Å²) >= 11 is 0. The molecule has 3 rings (SSSR count). The molecular weight excluding hydrogens is 202 g/mol. The predicted octanol–water partition coefficient (Wildman–Crippen LogP) is 1.87. The van der Waals surface area contributed by atoms with E-state index in [1.54, 1.807) is 0 Å². The van der Waals surface area contributed by atoms with Gasteiger partial charge in [0.25, 0.3) is 0 Å². The fourth-order valence-corrected chi connectivity index (χ4v) is 4.48. The van der Waals surface area contributed by atoms with Gasteiger partial charge in [-0.1, -0.05) is 19.8 Å². The number of imide groups is 1. The SMILES string of the molecule is CCCCC12C(=O)NC(=O)C1C1CCC2C1. The summed E-state index contributed by atoms with van der Waals surface area (Å²) in [4.78, 5) is 24.0. The maximum atomic E-state index is 12.2. The Bertz CT molecular complexity index is 352. The normalized spacial score (nSPS) is 44.9. The first-order valence-corrected chi connectivity index (χ1v) is 6.55. The van der Waals surface area contributed by atoms with Crippen molar-refractivity contribution in [2.45, 2.75) is 45.4 Å². The summed E-state index contributed by atoms with van der Waals surface area (Å²) in [5.74, 6) is 1.07. The Kier molecular flexibility index (Phi) is 2.13. The minimum atomic E-state index is -0.296. The van der Waals surface area contributed by atoms with Crippen molar-refractivity contribution in [2.24, 2.45) is 23.2 Å². The lowest BCUT2D eigenvalue weighted by Crippen LogP contribution is -2.40.